The summed E-state index contributed by atoms with van der Waals surface area (Å²) in [6, 6.07) is 1.77. The van der Waals surface area contributed by atoms with E-state index in [9.17, 15) is 40.3 Å². The highest BCUT2D eigenvalue weighted by atomic mass is 28.4. The Bertz CT molecular complexity index is 600. The fourth-order valence-corrected chi connectivity index (χ4v) is 4.17. The van der Waals surface area contributed by atoms with Crippen molar-refractivity contribution in [3.05, 3.63) is 30.3 Å². The van der Waals surface area contributed by atoms with E-state index < -0.39 is 43.9 Å². The van der Waals surface area contributed by atoms with Gasteiger partial charge in [0, 0.05) is 0 Å². The van der Waals surface area contributed by atoms with Crippen LogP contribution in [0.25, 0.3) is 0 Å². The summed E-state index contributed by atoms with van der Waals surface area (Å²) in [5.74, 6) is -13.0. The van der Waals surface area contributed by atoms with Gasteiger partial charge >= 0.3 is 24.3 Å². The molecule has 0 bridgehead atoms. The van der Waals surface area contributed by atoms with E-state index in [0.29, 0.717) is 12.1 Å². The number of alkyl halides is 8. The first-order valence-electron chi connectivity index (χ1n) is 7.20. The number of hydroxylamine groups is 2. The fourth-order valence-electron chi connectivity index (χ4n) is 2.09. The molecule has 0 spiro atoms. The standard InChI is InChI=1S/C14H16F8NO2Si/c1-9(25-26(2,3)10-7-5-4-6-8-10)23(24)14(21,22)13(19,20)12(17,18)11(15)16/h4-9,11H,1-3H3. The molecule has 0 amide bonds. The maximum absolute atomic E-state index is 13.7. The van der Waals surface area contributed by atoms with E-state index in [2.05, 4.69) is 0 Å². The van der Waals surface area contributed by atoms with Crippen LogP contribution in [0.4, 0.5) is 35.1 Å². The first-order chi connectivity index (χ1) is 11.6. The first-order valence-corrected chi connectivity index (χ1v) is 10.1. The van der Waals surface area contributed by atoms with E-state index in [-0.39, 0.29) is 0 Å². The molecule has 1 aromatic rings. The smallest absolute Gasteiger partial charge is 0.395 e. The van der Waals surface area contributed by atoms with E-state index in [1.165, 1.54) is 13.1 Å². The molecule has 0 fully saturated rings. The van der Waals surface area contributed by atoms with Crippen molar-refractivity contribution in [1.82, 2.24) is 5.06 Å². The molecular formula is C14H16F8NO2Si. The van der Waals surface area contributed by atoms with Crippen molar-refractivity contribution in [3.63, 3.8) is 0 Å². The minimum absolute atomic E-state index is 0.508. The van der Waals surface area contributed by atoms with Gasteiger partial charge in [-0.2, -0.15) is 26.3 Å². The van der Waals surface area contributed by atoms with E-state index in [1.54, 1.807) is 30.3 Å². The highest BCUT2D eigenvalue weighted by Gasteiger charge is 2.78. The summed E-state index contributed by atoms with van der Waals surface area (Å²) >= 11 is 0. The van der Waals surface area contributed by atoms with Crippen molar-refractivity contribution in [1.29, 1.82) is 0 Å². The van der Waals surface area contributed by atoms with Crippen molar-refractivity contribution in [2.75, 3.05) is 0 Å². The van der Waals surface area contributed by atoms with Gasteiger partial charge < -0.3 is 4.43 Å². The molecule has 1 rings (SSSR count). The minimum atomic E-state index is -6.62. The molecular weight excluding hydrogens is 394 g/mol. The van der Waals surface area contributed by atoms with Crippen LogP contribution in [-0.2, 0) is 9.63 Å². The highest BCUT2D eigenvalue weighted by Crippen LogP contribution is 2.50. The van der Waals surface area contributed by atoms with Gasteiger partial charge in [-0.1, -0.05) is 35.4 Å². The average Bonchev–Trinajstić information content (AvgIpc) is 2.53. The summed E-state index contributed by atoms with van der Waals surface area (Å²) in [6.45, 7) is 3.56. The highest BCUT2D eigenvalue weighted by molar-refractivity contribution is 6.84. The number of nitrogens with zero attached hydrogens (tertiary/aromatic N) is 1. The quantitative estimate of drug-likeness (QED) is 0.211. The third kappa shape index (κ3) is 4.02. The molecule has 0 heterocycles. The maximum atomic E-state index is 13.7. The third-order valence-corrected chi connectivity index (χ3v) is 6.27. The zero-order chi connectivity index (χ0) is 20.6. The van der Waals surface area contributed by atoms with Crippen LogP contribution in [0, 0.1) is 0 Å². The normalized spacial score (nSPS) is 15.6. The zero-order valence-electron chi connectivity index (χ0n) is 13.8. The molecule has 1 atom stereocenters. The van der Waals surface area contributed by atoms with Crippen LogP contribution in [0.15, 0.2) is 30.3 Å². The van der Waals surface area contributed by atoms with Gasteiger partial charge in [-0.05, 0) is 25.2 Å². The number of halogens is 8. The topological polar surface area (TPSA) is 32.4 Å². The second-order valence-corrected chi connectivity index (χ2v) is 9.79. The molecule has 0 aliphatic rings. The van der Waals surface area contributed by atoms with E-state index in [0.717, 1.165) is 0 Å². The Morgan fingerprint density at radius 2 is 1.46 bits per heavy atom. The Balaban J connectivity index is 3.07. The molecule has 0 saturated heterocycles. The lowest BCUT2D eigenvalue weighted by atomic mass is 10.1. The predicted octanol–water partition coefficient (Wildman–Crippen LogP) is 4.24. The van der Waals surface area contributed by atoms with Crippen LogP contribution in [0.5, 0.6) is 0 Å². The van der Waals surface area contributed by atoms with Crippen molar-refractivity contribution >= 4 is 13.5 Å². The average molecular weight is 410 g/mol. The predicted molar refractivity (Wildman–Crippen MR) is 77.5 cm³/mol. The largest absolute Gasteiger partial charge is 0.399 e. The van der Waals surface area contributed by atoms with Crippen molar-refractivity contribution in [2.45, 2.75) is 50.6 Å². The van der Waals surface area contributed by atoms with Gasteiger partial charge in [0.05, 0.1) is 0 Å². The fraction of sp³-hybridized carbons (Fsp3) is 0.571. The number of hydrogen-bond acceptors (Lipinski definition) is 2. The summed E-state index contributed by atoms with van der Waals surface area (Å²) in [5.41, 5.74) is 0. The molecule has 1 aromatic carbocycles. The number of benzene rings is 1. The Labute approximate surface area is 145 Å². The van der Waals surface area contributed by atoms with Crippen molar-refractivity contribution in [3.8, 4) is 0 Å². The van der Waals surface area contributed by atoms with Crippen LogP contribution in [0.2, 0.25) is 13.1 Å². The van der Waals surface area contributed by atoms with E-state index in [1.807, 2.05) is 0 Å². The summed E-state index contributed by atoms with van der Waals surface area (Å²) in [5, 5.41) is 10.4. The molecule has 1 unspecified atom stereocenters. The number of rotatable bonds is 8. The van der Waals surface area contributed by atoms with Gasteiger partial charge in [0.1, 0.15) is 6.23 Å². The lowest BCUT2D eigenvalue weighted by Crippen LogP contribution is -2.65. The molecule has 1 radical (unpaired) electrons. The van der Waals surface area contributed by atoms with Crippen LogP contribution in [0.3, 0.4) is 0 Å². The van der Waals surface area contributed by atoms with Gasteiger partial charge in [0.25, 0.3) is 0 Å². The second kappa shape index (κ2) is 7.41. The zero-order valence-corrected chi connectivity index (χ0v) is 14.8. The third-order valence-electron chi connectivity index (χ3n) is 3.61. The molecule has 3 nitrogen and oxygen atoms in total. The van der Waals surface area contributed by atoms with E-state index in [4.69, 9.17) is 4.43 Å². The lowest BCUT2D eigenvalue weighted by molar-refractivity contribution is -0.454. The lowest BCUT2D eigenvalue weighted by Gasteiger charge is -2.38. The summed E-state index contributed by atoms with van der Waals surface area (Å²) in [6.07, 6.45) is -7.39. The number of hydrogen-bond donors (Lipinski definition) is 0. The molecule has 26 heavy (non-hydrogen) atoms. The summed E-state index contributed by atoms with van der Waals surface area (Å²) in [4.78, 5) is 0. The second-order valence-electron chi connectivity index (χ2n) is 5.96. The Morgan fingerprint density at radius 1 is 1.00 bits per heavy atom. The van der Waals surface area contributed by atoms with Gasteiger partial charge in [-0.25, -0.2) is 8.78 Å². The van der Waals surface area contributed by atoms with Crippen LogP contribution < -0.4 is 5.19 Å². The first kappa shape index (κ1) is 22.8. The van der Waals surface area contributed by atoms with Gasteiger partial charge in [0.15, 0.2) is 0 Å². The molecule has 12 heteroatoms. The SMILES string of the molecule is CC(O[Si](C)(C)c1ccccc1)N([O])C(F)(F)C(F)(F)C(F)(F)C(F)F. The van der Waals surface area contributed by atoms with Crippen molar-refractivity contribution < 1.29 is 44.8 Å². The van der Waals surface area contributed by atoms with Crippen molar-refractivity contribution in [2.24, 2.45) is 0 Å². The Hall–Kier alpha value is -1.24. The molecule has 0 N–H and O–H groups in total. The molecule has 0 saturated carbocycles. The van der Waals surface area contributed by atoms with Gasteiger partial charge in [0.2, 0.25) is 8.32 Å². The maximum Gasteiger partial charge on any atom is 0.399 e. The van der Waals surface area contributed by atoms with E-state index >= 15 is 0 Å². The van der Waals surface area contributed by atoms with Crippen LogP contribution in [0.1, 0.15) is 6.92 Å². The monoisotopic (exact) mass is 410 g/mol. The van der Waals surface area contributed by atoms with Crippen LogP contribution >= 0.6 is 0 Å². The van der Waals surface area contributed by atoms with Gasteiger partial charge in [-0.3, -0.25) is 0 Å². The molecule has 0 aliphatic heterocycles. The summed E-state index contributed by atoms with van der Waals surface area (Å²) < 4.78 is 109. The Morgan fingerprint density at radius 3 is 1.88 bits per heavy atom. The van der Waals surface area contributed by atoms with Crippen LogP contribution in [-0.4, -0.2) is 43.9 Å². The van der Waals surface area contributed by atoms with Gasteiger partial charge in [-0.15, -0.1) is 5.21 Å². The minimum Gasteiger partial charge on any atom is -0.395 e. The summed E-state index contributed by atoms with van der Waals surface area (Å²) in [7, 11) is -3.07. The molecule has 0 aliphatic carbocycles. The Kier molecular flexibility index (Phi) is 6.49. The molecule has 149 valence electrons. The molecule has 0 aromatic heterocycles.